The van der Waals surface area contributed by atoms with Gasteiger partial charge in [-0.2, -0.15) is 9.47 Å². The molecule has 0 saturated heterocycles. The lowest BCUT2D eigenvalue weighted by Crippen LogP contribution is -2.24. The number of hydrogen-bond acceptors (Lipinski definition) is 7. The van der Waals surface area contributed by atoms with E-state index in [4.69, 9.17) is 0 Å². The Bertz CT molecular complexity index is 1060. The summed E-state index contributed by atoms with van der Waals surface area (Å²) in [5.41, 5.74) is 4.73. The Morgan fingerprint density at radius 3 is 2.76 bits per heavy atom. The molecule has 0 spiro atoms. The molecule has 0 radical (unpaired) electrons. The van der Waals surface area contributed by atoms with Crippen LogP contribution in [0.4, 0.5) is 10.8 Å². The van der Waals surface area contributed by atoms with Crippen molar-refractivity contribution in [3.8, 4) is 11.3 Å². The number of imidazole rings is 1. The van der Waals surface area contributed by atoms with Crippen molar-refractivity contribution in [2.75, 3.05) is 18.4 Å². The number of nitrogens with one attached hydrogen (secondary N) is 2. The van der Waals surface area contributed by atoms with E-state index in [1.165, 1.54) is 11.5 Å². The van der Waals surface area contributed by atoms with Crippen molar-refractivity contribution in [2.45, 2.75) is 40.2 Å². The van der Waals surface area contributed by atoms with Crippen LogP contribution in [0.15, 0.2) is 30.9 Å². The summed E-state index contributed by atoms with van der Waals surface area (Å²) < 4.78 is 6.68. The minimum atomic E-state index is 0.730. The zero-order valence-electron chi connectivity index (χ0n) is 17.0. The zero-order valence-corrected chi connectivity index (χ0v) is 17.8. The summed E-state index contributed by atoms with van der Waals surface area (Å²) in [5, 5.41) is 11.3. The molecular formula is C20H26N8S. The van der Waals surface area contributed by atoms with E-state index in [1.54, 1.807) is 6.20 Å². The third kappa shape index (κ3) is 4.30. The van der Waals surface area contributed by atoms with Crippen molar-refractivity contribution < 1.29 is 0 Å². The van der Waals surface area contributed by atoms with Crippen LogP contribution in [-0.2, 0) is 6.54 Å². The summed E-state index contributed by atoms with van der Waals surface area (Å²) in [6, 6.07) is 2.11. The maximum atomic E-state index is 4.67. The topological polar surface area (TPSA) is 87.0 Å². The van der Waals surface area contributed by atoms with Gasteiger partial charge < -0.3 is 5.32 Å². The quantitative estimate of drug-likeness (QED) is 0.429. The monoisotopic (exact) mass is 410 g/mol. The van der Waals surface area contributed by atoms with Gasteiger partial charge in [-0.05, 0) is 50.5 Å². The average Bonchev–Trinajstić information content (AvgIpc) is 3.42. The minimum absolute atomic E-state index is 0.730. The molecule has 0 aliphatic carbocycles. The van der Waals surface area contributed by atoms with Gasteiger partial charge in [0.05, 0.1) is 29.5 Å². The number of rotatable bonds is 9. The molecule has 0 aliphatic rings. The highest BCUT2D eigenvalue weighted by atomic mass is 32.1. The van der Waals surface area contributed by atoms with Crippen LogP contribution in [0.2, 0.25) is 0 Å². The van der Waals surface area contributed by atoms with Gasteiger partial charge >= 0.3 is 0 Å². The number of H-pyrrole nitrogens is 1. The molecule has 9 heteroatoms. The van der Waals surface area contributed by atoms with Gasteiger partial charge in [-0.25, -0.2) is 9.97 Å². The summed E-state index contributed by atoms with van der Waals surface area (Å²) in [6.45, 7) is 9.49. The third-order valence-corrected chi connectivity index (χ3v) is 5.41. The lowest BCUT2D eigenvalue weighted by atomic mass is 10.3. The summed E-state index contributed by atoms with van der Waals surface area (Å²) in [6.07, 6.45) is 9.79. The number of fused-ring (bicyclic) bond motifs is 1. The summed E-state index contributed by atoms with van der Waals surface area (Å²) >= 11 is 1.46. The van der Waals surface area contributed by atoms with Crippen molar-refractivity contribution in [1.82, 2.24) is 33.8 Å². The van der Waals surface area contributed by atoms with Crippen LogP contribution in [0.25, 0.3) is 16.9 Å². The van der Waals surface area contributed by atoms with Gasteiger partial charge in [0.15, 0.2) is 11.5 Å². The summed E-state index contributed by atoms with van der Waals surface area (Å²) in [4.78, 5) is 11.7. The smallest absolute Gasteiger partial charge is 0.180 e. The molecule has 4 aromatic heterocycles. The normalized spacial score (nSPS) is 11.6. The van der Waals surface area contributed by atoms with E-state index in [2.05, 4.69) is 54.7 Å². The van der Waals surface area contributed by atoms with E-state index in [-0.39, 0.29) is 0 Å². The Morgan fingerprint density at radius 2 is 2.03 bits per heavy atom. The Kier molecular flexibility index (Phi) is 5.86. The van der Waals surface area contributed by atoms with Crippen LogP contribution in [0, 0.1) is 6.92 Å². The standard InChI is InChI=1S/C20H26N8S/c1-4-6-27(7-5-2)13-16-8-18(29-26-16)25-19-20-21-11-17(15-9-22-23-10-15)28(20)12-14(3)24-19/h8-12H,4-7,13H2,1-3H3,(H,22,23)(H,24,25). The predicted octanol–water partition coefficient (Wildman–Crippen LogP) is 4.25. The van der Waals surface area contributed by atoms with Crippen molar-refractivity contribution in [3.05, 3.63) is 42.2 Å². The van der Waals surface area contributed by atoms with Crippen molar-refractivity contribution in [1.29, 1.82) is 0 Å². The van der Waals surface area contributed by atoms with Crippen molar-refractivity contribution in [3.63, 3.8) is 0 Å². The first-order valence-electron chi connectivity index (χ1n) is 9.96. The number of aromatic amines is 1. The maximum absolute atomic E-state index is 4.67. The first-order valence-corrected chi connectivity index (χ1v) is 10.7. The van der Waals surface area contributed by atoms with Crippen molar-refractivity contribution in [2.24, 2.45) is 0 Å². The molecule has 4 rings (SSSR count). The Morgan fingerprint density at radius 1 is 1.21 bits per heavy atom. The molecule has 4 aromatic rings. The van der Waals surface area contributed by atoms with Gasteiger partial charge in [0.25, 0.3) is 0 Å². The van der Waals surface area contributed by atoms with Crippen LogP contribution >= 0.6 is 11.5 Å². The number of anilines is 2. The number of nitrogens with zero attached hydrogens (tertiary/aromatic N) is 6. The number of hydrogen-bond donors (Lipinski definition) is 2. The lowest BCUT2D eigenvalue weighted by molar-refractivity contribution is 0.264. The van der Waals surface area contributed by atoms with E-state index < -0.39 is 0 Å². The first-order chi connectivity index (χ1) is 14.2. The number of aromatic nitrogens is 6. The van der Waals surface area contributed by atoms with Crippen LogP contribution in [0.3, 0.4) is 0 Å². The second-order valence-electron chi connectivity index (χ2n) is 7.14. The Balaban J connectivity index is 1.58. The highest BCUT2D eigenvalue weighted by Gasteiger charge is 2.14. The van der Waals surface area contributed by atoms with E-state index >= 15 is 0 Å². The van der Waals surface area contributed by atoms with Gasteiger partial charge in [0, 0.05) is 24.5 Å². The minimum Gasteiger partial charge on any atom is -0.328 e. The van der Waals surface area contributed by atoms with Crippen LogP contribution in [0.1, 0.15) is 38.1 Å². The van der Waals surface area contributed by atoms with Crippen molar-refractivity contribution >= 4 is 28.0 Å². The fourth-order valence-corrected chi connectivity index (χ4v) is 4.15. The molecule has 4 heterocycles. The molecule has 0 aliphatic heterocycles. The van der Waals surface area contributed by atoms with E-state index in [0.717, 1.165) is 71.6 Å². The molecule has 2 N–H and O–H groups in total. The predicted molar refractivity (Wildman–Crippen MR) is 117 cm³/mol. The maximum Gasteiger partial charge on any atom is 0.180 e. The molecule has 8 nitrogen and oxygen atoms in total. The molecular weight excluding hydrogens is 384 g/mol. The molecule has 0 bridgehead atoms. The number of aryl methyl sites for hydroxylation is 1. The first kappa shape index (κ1) is 19.5. The van der Waals surface area contributed by atoms with Crippen LogP contribution in [-0.4, -0.2) is 46.9 Å². The lowest BCUT2D eigenvalue weighted by Gasteiger charge is -2.19. The van der Waals surface area contributed by atoms with Gasteiger partial charge in [-0.3, -0.25) is 14.4 Å². The van der Waals surface area contributed by atoms with Crippen LogP contribution < -0.4 is 5.32 Å². The fourth-order valence-electron chi connectivity index (χ4n) is 3.49. The molecule has 0 saturated carbocycles. The van der Waals surface area contributed by atoms with Gasteiger partial charge in [0.1, 0.15) is 5.00 Å². The molecule has 152 valence electrons. The summed E-state index contributed by atoms with van der Waals surface area (Å²) in [5.74, 6) is 0.730. The second-order valence-corrected chi connectivity index (χ2v) is 7.94. The molecule has 0 aromatic carbocycles. The largest absolute Gasteiger partial charge is 0.328 e. The second kappa shape index (κ2) is 8.71. The molecule has 0 amide bonds. The highest BCUT2D eigenvalue weighted by molar-refractivity contribution is 7.10. The van der Waals surface area contributed by atoms with Gasteiger partial charge in [-0.1, -0.05) is 13.8 Å². The SMILES string of the molecule is CCCN(CCC)Cc1cc(Nc2nc(C)cn3c(-c4cn[nH]c4)cnc23)sn1. The van der Waals surface area contributed by atoms with Gasteiger partial charge in [-0.15, -0.1) is 0 Å². The highest BCUT2D eigenvalue weighted by Crippen LogP contribution is 2.27. The van der Waals surface area contributed by atoms with Gasteiger partial charge in [0.2, 0.25) is 0 Å². The molecule has 0 atom stereocenters. The zero-order chi connectivity index (χ0) is 20.2. The van der Waals surface area contributed by atoms with Crippen LogP contribution in [0.5, 0.6) is 0 Å². The van der Waals surface area contributed by atoms with E-state index in [1.807, 2.05) is 29.9 Å². The fraction of sp³-hybridized carbons (Fsp3) is 0.400. The van der Waals surface area contributed by atoms with E-state index in [0.29, 0.717) is 0 Å². The molecule has 0 unspecified atom stereocenters. The summed E-state index contributed by atoms with van der Waals surface area (Å²) in [7, 11) is 0. The Hall–Kier alpha value is -2.78. The molecule has 0 fully saturated rings. The molecule has 29 heavy (non-hydrogen) atoms. The Labute approximate surface area is 174 Å². The van der Waals surface area contributed by atoms with E-state index in [9.17, 15) is 0 Å². The average molecular weight is 411 g/mol. The third-order valence-electron chi connectivity index (χ3n) is 4.67.